The summed E-state index contributed by atoms with van der Waals surface area (Å²) < 4.78 is 33.5. The number of nitrogens with one attached hydrogen (secondary N) is 1. The molecule has 1 heterocycles. The minimum Gasteiger partial charge on any atom is -0.481 e. The molecule has 1 atom stereocenters. The van der Waals surface area contributed by atoms with Gasteiger partial charge in [0.05, 0.1) is 4.90 Å². The largest absolute Gasteiger partial charge is 0.481 e. The van der Waals surface area contributed by atoms with Crippen molar-refractivity contribution in [2.75, 3.05) is 0 Å². The lowest BCUT2D eigenvalue weighted by Crippen LogP contribution is -2.35. The summed E-state index contributed by atoms with van der Waals surface area (Å²) in [5, 5.41) is 8.61. The summed E-state index contributed by atoms with van der Waals surface area (Å²) >= 11 is 0. The minimum atomic E-state index is -3.76. The molecule has 1 aromatic heterocycles. The van der Waals surface area contributed by atoms with E-state index in [4.69, 9.17) is 14.3 Å². The van der Waals surface area contributed by atoms with E-state index in [9.17, 15) is 18.0 Å². The number of sulfonamides is 1. The van der Waals surface area contributed by atoms with Crippen LogP contribution in [-0.4, -0.2) is 20.4 Å². The number of fused-ring (bicyclic) bond motifs is 1. The Morgan fingerprint density at radius 2 is 1.87 bits per heavy atom. The lowest BCUT2D eigenvalue weighted by molar-refractivity contribution is -0.127. The first-order valence-corrected chi connectivity index (χ1v) is 10.8. The molecule has 30 heavy (non-hydrogen) atoms. The number of hydrogen-bond acceptors (Lipinski definition) is 6. The summed E-state index contributed by atoms with van der Waals surface area (Å²) in [7, 11) is -3.76. The molecule has 0 saturated carbocycles. The van der Waals surface area contributed by atoms with E-state index in [0.717, 1.165) is 10.9 Å². The standard InChI is InChI=1S/C21H22N2O6S/c1-3-15-10-20(24)29-19-11-16(6-9-18(15)19)28-13(2)21(25)23-12-14-4-7-17(8-5-14)30(22,26)27/h4-11,13H,3,12H2,1-2H3,(H,23,25)(H2,22,26,27)/t13-/m1/s1. The first-order chi connectivity index (χ1) is 14.2. The van der Waals surface area contributed by atoms with E-state index in [0.29, 0.717) is 23.3 Å². The molecule has 3 N–H and O–H groups in total. The highest BCUT2D eigenvalue weighted by atomic mass is 32.2. The Kier molecular flexibility index (Phi) is 6.23. The van der Waals surface area contributed by atoms with E-state index in [2.05, 4.69) is 5.32 Å². The van der Waals surface area contributed by atoms with Crippen LogP contribution in [0.4, 0.5) is 0 Å². The van der Waals surface area contributed by atoms with Crippen LogP contribution >= 0.6 is 0 Å². The normalized spacial score (nSPS) is 12.5. The van der Waals surface area contributed by atoms with Gasteiger partial charge in [-0.3, -0.25) is 4.79 Å². The monoisotopic (exact) mass is 430 g/mol. The van der Waals surface area contributed by atoms with Crippen LogP contribution in [0.5, 0.6) is 5.75 Å². The molecule has 0 unspecified atom stereocenters. The predicted molar refractivity (Wildman–Crippen MR) is 112 cm³/mol. The maximum absolute atomic E-state index is 12.3. The Morgan fingerprint density at radius 1 is 1.17 bits per heavy atom. The molecule has 9 heteroatoms. The second-order valence-corrected chi connectivity index (χ2v) is 8.33. The molecule has 0 radical (unpaired) electrons. The van der Waals surface area contributed by atoms with Gasteiger partial charge in [-0.2, -0.15) is 0 Å². The number of benzene rings is 2. The Bertz CT molecular complexity index is 1230. The van der Waals surface area contributed by atoms with Crippen LogP contribution in [0.1, 0.15) is 25.0 Å². The summed E-state index contributed by atoms with van der Waals surface area (Å²) in [6, 6.07) is 12.5. The Hall–Kier alpha value is -3.17. The highest BCUT2D eigenvalue weighted by Gasteiger charge is 2.16. The molecule has 0 saturated heterocycles. The molecular formula is C21H22N2O6S. The van der Waals surface area contributed by atoms with Crippen LogP contribution in [0.15, 0.2) is 62.6 Å². The molecular weight excluding hydrogens is 408 g/mol. The van der Waals surface area contributed by atoms with Crippen molar-refractivity contribution in [2.24, 2.45) is 5.14 Å². The predicted octanol–water partition coefficient (Wildman–Crippen LogP) is 2.09. The van der Waals surface area contributed by atoms with Crippen molar-refractivity contribution in [3.8, 4) is 5.75 Å². The second-order valence-electron chi connectivity index (χ2n) is 6.77. The maximum atomic E-state index is 12.3. The summed E-state index contributed by atoms with van der Waals surface area (Å²) in [4.78, 5) is 24.0. The van der Waals surface area contributed by atoms with Crippen molar-refractivity contribution in [2.45, 2.75) is 37.8 Å². The van der Waals surface area contributed by atoms with Gasteiger partial charge < -0.3 is 14.5 Å². The van der Waals surface area contributed by atoms with Crippen molar-refractivity contribution in [1.82, 2.24) is 5.32 Å². The second kappa shape index (κ2) is 8.68. The van der Waals surface area contributed by atoms with Crippen LogP contribution in [-0.2, 0) is 27.8 Å². The number of amides is 1. The van der Waals surface area contributed by atoms with Gasteiger partial charge >= 0.3 is 5.63 Å². The molecule has 0 spiro atoms. The van der Waals surface area contributed by atoms with Gasteiger partial charge in [0, 0.05) is 24.1 Å². The SMILES string of the molecule is CCc1cc(=O)oc2cc(O[C@H](C)C(=O)NCc3ccc(S(N)(=O)=O)cc3)ccc12. The van der Waals surface area contributed by atoms with Gasteiger partial charge in [0.15, 0.2) is 6.10 Å². The summed E-state index contributed by atoms with van der Waals surface area (Å²) in [6.07, 6.45) is -0.105. The third-order valence-electron chi connectivity index (χ3n) is 4.58. The van der Waals surface area contributed by atoms with E-state index >= 15 is 0 Å². The molecule has 2 aromatic carbocycles. The number of carbonyl (C=O) groups is 1. The van der Waals surface area contributed by atoms with Crippen molar-refractivity contribution >= 4 is 26.9 Å². The van der Waals surface area contributed by atoms with E-state index in [-0.39, 0.29) is 17.3 Å². The van der Waals surface area contributed by atoms with Crippen molar-refractivity contribution in [3.63, 3.8) is 0 Å². The zero-order valence-electron chi connectivity index (χ0n) is 16.5. The quantitative estimate of drug-likeness (QED) is 0.552. The number of aryl methyl sites for hydroxylation is 1. The number of nitrogens with two attached hydrogens (primary N) is 1. The molecule has 0 aliphatic heterocycles. The molecule has 0 aliphatic carbocycles. The van der Waals surface area contributed by atoms with Crippen LogP contribution in [0.2, 0.25) is 0 Å². The van der Waals surface area contributed by atoms with E-state index in [1.54, 1.807) is 37.3 Å². The van der Waals surface area contributed by atoms with Crippen LogP contribution < -0.4 is 20.8 Å². The van der Waals surface area contributed by atoms with Crippen LogP contribution in [0, 0.1) is 0 Å². The molecule has 8 nitrogen and oxygen atoms in total. The molecule has 3 aromatic rings. The first kappa shape index (κ1) is 21.5. The van der Waals surface area contributed by atoms with Gasteiger partial charge in [-0.05, 0) is 48.7 Å². The maximum Gasteiger partial charge on any atom is 0.336 e. The highest BCUT2D eigenvalue weighted by molar-refractivity contribution is 7.89. The van der Waals surface area contributed by atoms with Gasteiger partial charge in [0.1, 0.15) is 11.3 Å². The molecule has 1 amide bonds. The van der Waals surface area contributed by atoms with Crippen LogP contribution in [0.3, 0.4) is 0 Å². The summed E-state index contributed by atoms with van der Waals surface area (Å²) in [6.45, 7) is 3.75. The average Bonchev–Trinajstić information content (AvgIpc) is 2.70. The molecule has 0 fully saturated rings. The van der Waals surface area contributed by atoms with E-state index in [1.807, 2.05) is 6.92 Å². The van der Waals surface area contributed by atoms with Crippen molar-refractivity contribution in [3.05, 3.63) is 70.1 Å². The van der Waals surface area contributed by atoms with Crippen molar-refractivity contribution in [1.29, 1.82) is 0 Å². The minimum absolute atomic E-state index is 0.00321. The van der Waals surface area contributed by atoms with Gasteiger partial charge in [-0.15, -0.1) is 0 Å². The van der Waals surface area contributed by atoms with Gasteiger partial charge in [0.2, 0.25) is 10.0 Å². The zero-order valence-corrected chi connectivity index (χ0v) is 17.4. The average molecular weight is 430 g/mol. The lowest BCUT2D eigenvalue weighted by atomic mass is 10.1. The third-order valence-corrected chi connectivity index (χ3v) is 5.51. The van der Waals surface area contributed by atoms with Gasteiger partial charge in [0.25, 0.3) is 5.91 Å². The summed E-state index contributed by atoms with van der Waals surface area (Å²) in [5.74, 6) is 0.0495. The number of rotatable bonds is 7. The first-order valence-electron chi connectivity index (χ1n) is 9.30. The fourth-order valence-electron chi connectivity index (χ4n) is 2.96. The van der Waals surface area contributed by atoms with Crippen molar-refractivity contribution < 1.29 is 22.4 Å². The number of carbonyl (C=O) groups excluding carboxylic acids is 1. The van der Waals surface area contributed by atoms with E-state index in [1.165, 1.54) is 18.2 Å². The molecule has 0 aliphatic rings. The Labute approximate surface area is 173 Å². The summed E-state index contributed by atoms with van der Waals surface area (Å²) in [5.41, 5.74) is 1.56. The molecule has 158 valence electrons. The smallest absolute Gasteiger partial charge is 0.336 e. The Morgan fingerprint density at radius 3 is 2.50 bits per heavy atom. The highest BCUT2D eigenvalue weighted by Crippen LogP contribution is 2.23. The number of ether oxygens (including phenoxy) is 1. The third kappa shape index (κ3) is 5.05. The Balaban J connectivity index is 1.64. The number of hydrogen-bond donors (Lipinski definition) is 2. The van der Waals surface area contributed by atoms with E-state index < -0.39 is 21.8 Å². The van der Waals surface area contributed by atoms with Gasteiger partial charge in [-0.1, -0.05) is 19.1 Å². The number of primary sulfonamides is 1. The zero-order chi connectivity index (χ0) is 21.9. The van der Waals surface area contributed by atoms with Gasteiger partial charge in [-0.25, -0.2) is 18.4 Å². The van der Waals surface area contributed by atoms with Crippen LogP contribution in [0.25, 0.3) is 11.0 Å². The fourth-order valence-corrected chi connectivity index (χ4v) is 3.48. The molecule has 3 rings (SSSR count). The molecule has 0 bridgehead atoms. The fraction of sp³-hybridized carbons (Fsp3) is 0.238. The topological polar surface area (TPSA) is 129 Å². The lowest BCUT2D eigenvalue weighted by Gasteiger charge is -2.15.